The summed E-state index contributed by atoms with van der Waals surface area (Å²) in [6, 6.07) is 6.00. The van der Waals surface area contributed by atoms with Crippen LogP contribution in [0.1, 0.15) is 15.9 Å². The molecule has 10 heteroatoms. The number of hydrogen-bond donors (Lipinski definition) is 2. The summed E-state index contributed by atoms with van der Waals surface area (Å²) in [6.07, 6.45) is 7.36. The lowest BCUT2D eigenvalue weighted by atomic mass is 10.1. The predicted octanol–water partition coefficient (Wildman–Crippen LogP) is 3.14. The number of amidine groups is 1. The molecule has 2 N–H and O–H groups in total. The molecule has 0 spiro atoms. The molecule has 0 saturated heterocycles. The smallest absolute Gasteiger partial charge is 0.321 e. The van der Waals surface area contributed by atoms with Gasteiger partial charge in [0, 0.05) is 16.9 Å². The highest BCUT2D eigenvalue weighted by Gasteiger charge is 2.31. The topological polar surface area (TPSA) is 70.8 Å². The number of anilines is 1. The number of carbonyl (C=O) groups is 1. The number of fused-ring (bicyclic) bond motifs is 1. The van der Waals surface area contributed by atoms with Gasteiger partial charge in [0.25, 0.3) is 16.8 Å². The number of hydrazone groups is 1. The standard InChI is InChI=1S/C20H14FN5OS3/c1-28-18-9-17-25-24-16(26(17)11-22-18)6-4-12-7-13(3-5-15(12)21)20(27)23-14-8-19(29-2)30-10-14/h3,5,7-11H,1-2H3,(H,23,27)/p+1. The maximum atomic E-state index is 14.3. The van der Waals surface area contributed by atoms with Crippen molar-refractivity contribution in [1.82, 2.24) is 15.0 Å². The van der Waals surface area contributed by atoms with Gasteiger partial charge in [-0.25, -0.2) is 14.5 Å². The fraction of sp³-hybridized carbons (Fsp3) is 0.100. The van der Waals surface area contributed by atoms with E-state index in [4.69, 9.17) is 0 Å². The molecular formula is C20H15FN5OS3+. The first kappa shape index (κ1) is 20.3. The van der Waals surface area contributed by atoms with Crippen LogP contribution in [-0.4, -0.2) is 40.5 Å². The fourth-order valence-electron chi connectivity index (χ4n) is 2.60. The van der Waals surface area contributed by atoms with Crippen LogP contribution < -0.4 is 15.4 Å². The molecule has 0 fully saturated rings. The third-order valence-corrected chi connectivity index (χ3v) is 6.78. The minimum Gasteiger partial charge on any atom is -0.321 e. The summed E-state index contributed by atoms with van der Waals surface area (Å²) in [5, 5.41) is 9.68. The number of thiophene rings is 1. The Kier molecular flexibility index (Phi) is 5.97. The van der Waals surface area contributed by atoms with Gasteiger partial charge in [-0.2, -0.15) is 0 Å². The van der Waals surface area contributed by atoms with Gasteiger partial charge in [-0.05, 0) is 36.8 Å². The van der Waals surface area contributed by atoms with Crippen LogP contribution in [0.5, 0.6) is 0 Å². The van der Waals surface area contributed by atoms with Crippen LogP contribution >= 0.6 is 34.9 Å². The molecule has 4 rings (SSSR count). The summed E-state index contributed by atoms with van der Waals surface area (Å²) in [5.74, 6) is 5.90. The molecule has 1 aromatic heterocycles. The lowest BCUT2D eigenvalue weighted by molar-refractivity contribution is 0.102. The number of nitrogens with zero attached hydrogens (tertiary/aromatic N) is 3. The number of benzene rings is 1. The first-order valence-electron chi connectivity index (χ1n) is 8.62. The van der Waals surface area contributed by atoms with Crippen LogP contribution in [-0.2, 0) is 0 Å². The number of thioether (sulfide) groups is 2. The summed E-state index contributed by atoms with van der Waals surface area (Å²) >= 11 is 4.67. The van der Waals surface area contributed by atoms with Gasteiger partial charge in [0.15, 0.2) is 0 Å². The third-order valence-electron chi connectivity index (χ3n) is 4.11. The van der Waals surface area contributed by atoms with Gasteiger partial charge in [0.05, 0.1) is 21.5 Å². The number of rotatable bonds is 3. The lowest BCUT2D eigenvalue weighted by Gasteiger charge is -2.05. The first-order chi connectivity index (χ1) is 14.6. The highest BCUT2D eigenvalue weighted by Crippen LogP contribution is 2.27. The largest absolute Gasteiger partial charge is 0.347 e. The van der Waals surface area contributed by atoms with Gasteiger partial charge in [-0.3, -0.25) is 4.79 Å². The van der Waals surface area contributed by atoms with Crippen LogP contribution in [0.3, 0.4) is 0 Å². The summed E-state index contributed by atoms with van der Waals surface area (Å²) in [6.45, 7) is 0. The van der Waals surface area contributed by atoms with E-state index in [9.17, 15) is 9.18 Å². The lowest BCUT2D eigenvalue weighted by Crippen LogP contribution is -2.29. The van der Waals surface area contributed by atoms with Gasteiger partial charge in [-0.15, -0.1) is 33.1 Å². The van der Waals surface area contributed by atoms with Crippen LogP contribution in [0.4, 0.5) is 10.1 Å². The quantitative estimate of drug-likeness (QED) is 0.422. The minimum atomic E-state index is -0.508. The van der Waals surface area contributed by atoms with Crippen molar-refractivity contribution in [2.24, 2.45) is 5.10 Å². The Balaban J connectivity index is 1.53. The van der Waals surface area contributed by atoms with Crippen molar-refractivity contribution < 1.29 is 9.18 Å². The molecule has 1 amide bonds. The minimum absolute atomic E-state index is 0.114. The van der Waals surface area contributed by atoms with Gasteiger partial charge in [0.2, 0.25) is 5.82 Å². The van der Waals surface area contributed by atoms with Crippen molar-refractivity contribution in [2.45, 2.75) is 4.21 Å². The predicted molar refractivity (Wildman–Crippen MR) is 125 cm³/mol. The Morgan fingerprint density at radius 2 is 2.17 bits per heavy atom. The molecule has 2 aliphatic heterocycles. The van der Waals surface area contributed by atoms with Crippen LogP contribution in [0.15, 0.2) is 50.9 Å². The molecule has 2 aromatic rings. The number of hydrogen-bond acceptors (Lipinski definition) is 7. The van der Waals surface area contributed by atoms with Crippen molar-refractivity contribution in [2.75, 3.05) is 17.8 Å². The molecule has 6 nitrogen and oxygen atoms in total. The Morgan fingerprint density at radius 3 is 2.93 bits per heavy atom. The molecule has 30 heavy (non-hydrogen) atoms. The second kappa shape index (κ2) is 8.81. The molecule has 3 heterocycles. The zero-order valence-electron chi connectivity index (χ0n) is 15.9. The van der Waals surface area contributed by atoms with E-state index in [0.29, 0.717) is 17.1 Å². The van der Waals surface area contributed by atoms with E-state index < -0.39 is 5.82 Å². The van der Waals surface area contributed by atoms with Crippen molar-refractivity contribution in [1.29, 1.82) is 0 Å². The molecule has 0 unspecified atom stereocenters. The van der Waals surface area contributed by atoms with Gasteiger partial charge in [-0.1, -0.05) is 17.7 Å². The molecule has 1 aromatic carbocycles. The average Bonchev–Trinajstić information content (AvgIpc) is 3.39. The molecule has 0 aliphatic carbocycles. The summed E-state index contributed by atoms with van der Waals surface area (Å²) in [7, 11) is 0. The third kappa shape index (κ3) is 4.30. The molecule has 0 atom stereocenters. The molecule has 150 valence electrons. The van der Waals surface area contributed by atoms with Crippen molar-refractivity contribution in [3.63, 3.8) is 0 Å². The molecule has 0 radical (unpaired) electrons. The monoisotopic (exact) mass is 456 g/mol. The first-order valence-corrected chi connectivity index (χ1v) is 12.0. The Labute approximate surface area is 185 Å². The Morgan fingerprint density at radius 1 is 1.30 bits per heavy atom. The molecular weight excluding hydrogens is 441 g/mol. The highest BCUT2D eigenvalue weighted by molar-refractivity contribution is 8.13. The van der Waals surface area contributed by atoms with Crippen molar-refractivity contribution in [3.05, 3.63) is 58.5 Å². The van der Waals surface area contributed by atoms with E-state index in [-0.39, 0.29) is 11.5 Å². The van der Waals surface area contributed by atoms with Crippen LogP contribution in [0.2, 0.25) is 0 Å². The second-order valence-corrected chi connectivity index (χ2v) is 8.84. The maximum absolute atomic E-state index is 14.3. The zero-order valence-corrected chi connectivity index (χ0v) is 18.3. The number of carbonyl (C=O) groups excluding carboxylic acids is 1. The zero-order chi connectivity index (χ0) is 21.1. The summed E-state index contributed by atoms with van der Waals surface area (Å²) in [5.41, 5.74) is 4.02. The van der Waals surface area contributed by atoms with E-state index in [1.807, 2.05) is 30.0 Å². The second-order valence-electron chi connectivity index (χ2n) is 5.99. The fourth-order valence-corrected chi connectivity index (χ4v) is 4.32. The number of halogens is 1. The van der Waals surface area contributed by atoms with E-state index >= 15 is 0 Å². The SMILES string of the molecule is CSC1=[N+]=CN2C(=C1)NN=C2C#Cc1cc(C(=O)Nc2csc(SC)c2)ccc1F. The summed E-state index contributed by atoms with van der Waals surface area (Å²) in [4.78, 5) is 14.2. The normalized spacial score (nSPS) is 14.1. The molecule has 0 saturated carbocycles. The maximum Gasteiger partial charge on any atom is 0.347 e. The molecule has 0 bridgehead atoms. The van der Waals surface area contributed by atoms with E-state index in [1.165, 1.54) is 30.0 Å². The highest BCUT2D eigenvalue weighted by atomic mass is 32.2. The van der Waals surface area contributed by atoms with Crippen molar-refractivity contribution in [3.8, 4) is 11.8 Å². The van der Waals surface area contributed by atoms with E-state index in [1.54, 1.807) is 34.3 Å². The Bertz CT molecular complexity index is 1210. The van der Waals surface area contributed by atoms with Crippen LogP contribution in [0, 0.1) is 17.7 Å². The average molecular weight is 457 g/mol. The van der Waals surface area contributed by atoms with Gasteiger partial charge in [0.1, 0.15) is 5.82 Å². The van der Waals surface area contributed by atoms with E-state index in [0.717, 1.165) is 15.1 Å². The Hall–Kier alpha value is -2.96. The van der Waals surface area contributed by atoms with Gasteiger partial charge < -0.3 is 5.32 Å². The van der Waals surface area contributed by atoms with Crippen molar-refractivity contribution >= 4 is 63.7 Å². The van der Waals surface area contributed by atoms with E-state index in [2.05, 4.69) is 32.4 Å². The van der Waals surface area contributed by atoms with Crippen LogP contribution in [0.25, 0.3) is 0 Å². The van der Waals surface area contributed by atoms with Gasteiger partial charge >= 0.3 is 6.34 Å². The number of nitrogens with one attached hydrogen (secondary N) is 2. The number of amides is 1. The molecule has 2 aliphatic rings. The summed E-state index contributed by atoms with van der Waals surface area (Å²) < 4.78 is 19.6.